The smallest absolute Gasteiger partial charge is 0.256 e. The summed E-state index contributed by atoms with van der Waals surface area (Å²) in [4.78, 5) is 30.5. The Kier molecular flexibility index (Phi) is 7.14. The maximum Gasteiger partial charge on any atom is 0.256 e. The van der Waals surface area contributed by atoms with Crippen molar-refractivity contribution in [2.75, 3.05) is 13.1 Å². The van der Waals surface area contributed by atoms with Gasteiger partial charge in [0.05, 0.1) is 17.1 Å². The first-order chi connectivity index (χ1) is 14.5. The molecule has 3 aromatic rings. The lowest BCUT2D eigenvalue weighted by Crippen LogP contribution is -2.40. The van der Waals surface area contributed by atoms with Crippen LogP contribution in [0.4, 0.5) is 4.39 Å². The Morgan fingerprint density at radius 1 is 1.07 bits per heavy atom. The molecular formula is C23H21ClFN3O2. The molecule has 5 nitrogen and oxygen atoms in total. The van der Waals surface area contributed by atoms with Crippen LogP contribution in [0.15, 0.2) is 67.0 Å². The Morgan fingerprint density at radius 3 is 2.50 bits per heavy atom. The van der Waals surface area contributed by atoms with E-state index in [2.05, 4.69) is 10.3 Å². The van der Waals surface area contributed by atoms with Crippen molar-refractivity contribution in [1.82, 2.24) is 15.2 Å². The van der Waals surface area contributed by atoms with Crippen molar-refractivity contribution >= 4 is 23.4 Å². The number of hydrogen-bond donors (Lipinski definition) is 1. The third-order valence-electron chi connectivity index (χ3n) is 4.64. The number of benzene rings is 2. The van der Waals surface area contributed by atoms with Crippen LogP contribution in [-0.4, -0.2) is 34.8 Å². The van der Waals surface area contributed by atoms with Crippen LogP contribution in [0.3, 0.4) is 0 Å². The standard InChI is InChI=1S/C23H21ClFN3O2/c1-2-28(15-16-5-3-6-18(13-16)17-9-11-26-12-10-17)21(29)14-27-23(30)22-19(24)7-4-8-20(22)25/h3-13H,2,14-15H2,1H3,(H,27,30). The van der Waals surface area contributed by atoms with E-state index in [0.717, 1.165) is 22.8 Å². The van der Waals surface area contributed by atoms with E-state index in [4.69, 9.17) is 11.6 Å². The summed E-state index contributed by atoms with van der Waals surface area (Å²) in [5.41, 5.74) is 2.76. The highest BCUT2D eigenvalue weighted by atomic mass is 35.5. The fraction of sp³-hybridized carbons (Fsp3) is 0.174. The summed E-state index contributed by atoms with van der Waals surface area (Å²) in [7, 11) is 0. The van der Waals surface area contributed by atoms with Gasteiger partial charge in [-0.05, 0) is 53.9 Å². The molecule has 0 saturated heterocycles. The maximum atomic E-state index is 13.9. The molecular weight excluding hydrogens is 405 g/mol. The van der Waals surface area contributed by atoms with Gasteiger partial charge in [0.15, 0.2) is 0 Å². The largest absolute Gasteiger partial charge is 0.343 e. The molecule has 30 heavy (non-hydrogen) atoms. The van der Waals surface area contributed by atoms with Gasteiger partial charge in [0.1, 0.15) is 5.82 Å². The highest BCUT2D eigenvalue weighted by Gasteiger charge is 2.18. The quantitative estimate of drug-likeness (QED) is 0.613. The van der Waals surface area contributed by atoms with Crippen LogP contribution in [-0.2, 0) is 11.3 Å². The summed E-state index contributed by atoms with van der Waals surface area (Å²) in [5.74, 6) is -1.72. The van der Waals surface area contributed by atoms with Crippen LogP contribution in [0.25, 0.3) is 11.1 Å². The molecule has 3 rings (SSSR count). The summed E-state index contributed by atoms with van der Waals surface area (Å²) in [6.45, 7) is 2.47. The van der Waals surface area contributed by atoms with E-state index in [9.17, 15) is 14.0 Å². The number of halogens is 2. The van der Waals surface area contributed by atoms with Crippen molar-refractivity contribution in [3.05, 3.63) is 89.0 Å². The lowest BCUT2D eigenvalue weighted by Gasteiger charge is -2.21. The molecule has 0 saturated carbocycles. The molecule has 0 unspecified atom stereocenters. The fourth-order valence-electron chi connectivity index (χ4n) is 3.06. The number of aromatic nitrogens is 1. The first-order valence-corrected chi connectivity index (χ1v) is 9.86. The van der Waals surface area contributed by atoms with E-state index in [1.807, 2.05) is 43.3 Å². The van der Waals surface area contributed by atoms with Gasteiger partial charge in [-0.1, -0.05) is 35.9 Å². The van der Waals surface area contributed by atoms with E-state index >= 15 is 0 Å². The van der Waals surface area contributed by atoms with Gasteiger partial charge in [0.25, 0.3) is 5.91 Å². The monoisotopic (exact) mass is 425 g/mol. The van der Waals surface area contributed by atoms with Gasteiger partial charge < -0.3 is 10.2 Å². The van der Waals surface area contributed by atoms with Gasteiger partial charge in [-0.2, -0.15) is 0 Å². The lowest BCUT2D eigenvalue weighted by atomic mass is 10.0. The van der Waals surface area contributed by atoms with Crippen molar-refractivity contribution in [2.45, 2.75) is 13.5 Å². The van der Waals surface area contributed by atoms with Crippen LogP contribution in [0.1, 0.15) is 22.8 Å². The molecule has 0 atom stereocenters. The number of likely N-dealkylation sites (N-methyl/N-ethyl adjacent to an activating group) is 1. The van der Waals surface area contributed by atoms with Crippen LogP contribution in [0.2, 0.25) is 5.02 Å². The van der Waals surface area contributed by atoms with Gasteiger partial charge in [0, 0.05) is 25.5 Å². The molecule has 0 fully saturated rings. The summed E-state index contributed by atoms with van der Waals surface area (Å²) >= 11 is 5.90. The molecule has 0 aliphatic carbocycles. The first kappa shape index (κ1) is 21.5. The van der Waals surface area contributed by atoms with Crippen LogP contribution >= 0.6 is 11.6 Å². The SMILES string of the molecule is CCN(Cc1cccc(-c2ccncc2)c1)C(=O)CNC(=O)c1c(F)cccc1Cl. The first-order valence-electron chi connectivity index (χ1n) is 9.49. The highest BCUT2D eigenvalue weighted by molar-refractivity contribution is 6.33. The average Bonchev–Trinajstić information content (AvgIpc) is 2.76. The third-order valence-corrected chi connectivity index (χ3v) is 4.95. The number of rotatable bonds is 7. The van der Waals surface area contributed by atoms with Crippen molar-refractivity contribution in [2.24, 2.45) is 0 Å². The summed E-state index contributed by atoms with van der Waals surface area (Å²) in [6, 6.07) is 15.7. The topological polar surface area (TPSA) is 62.3 Å². The number of carbonyl (C=O) groups is 2. The predicted octanol–water partition coefficient (Wildman–Crippen LogP) is 4.32. The molecule has 1 heterocycles. The Bertz CT molecular complexity index is 1020. The van der Waals surface area contributed by atoms with E-state index in [1.165, 1.54) is 12.1 Å². The highest BCUT2D eigenvalue weighted by Crippen LogP contribution is 2.21. The van der Waals surface area contributed by atoms with Crippen LogP contribution < -0.4 is 5.32 Å². The molecule has 0 aliphatic heterocycles. The van der Waals surface area contributed by atoms with Gasteiger partial charge >= 0.3 is 0 Å². The summed E-state index contributed by atoms with van der Waals surface area (Å²) < 4.78 is 13.9. The Morgan fingerprint density at radius 2 is 1.80 bits per heavy atom. The van der Waals surface area contributed by atoms with Crippen molar-refractivity contribution in [3.63, 3.8) is 0 Å². The van der Waals surface area contributed by atoms with Gasteiger partial charge in [-0.3, -0.25) is 14.6 Å². The number of nitrogens with one attached hydrogen (secondary N) is 1. The van der Waals surface area contributed by atoms with Crippen molar-refractivity contribution < 1.29 is 14.0 Å². The van der Waals surface area contributed by atoms with Crippen molar-refractivity contribution in [3.8, 4) is 11.1 Å². The molecule has 0 aliphatic rings. The van der Waals surface area contributed by atoms with Crippen molar-refractivity contribution in [1.29, 1.82) is 0 Å². The van der Waals surface area contributed by atoms with Gasteiger partial charge in [0.2, 0.25) is 5.91 Å². The zero-order valence-electron chi connectivity index (χ0n) is 16.4. The van der Waals surface area contributed by atoms with E-state index < -0.39 is 11.7 Å². The molecule has 0 bridgehead atoms. The normalized spacial score (nSPS) is 10.5. The number of hydrogen-bond acceptors (Lipinski definition) is 3. The predicted molar refractivity (Wildman–Crippen MR) is 115 cm³/mol. The van der Waals surface area contributed by atoms with Crippen LogP contribution in [0.5, 0.6) is 0 Å². The zero-order valence-corrected chi connectivity index (χ0v) is 17.2. The minimum absolute atomic E-state index is 0.000207. The second-order valence-electron chi connectivity index (χ2n) is 6.62. The molecule has 1 N–H and O–H groups in total. The molecule has 154 valence electrons. The minimum atomic E-state index is -0.729. The zero-order chi connectivity index (χ0) is 21.5. The lowest BCUT2D eigenvalue weighted by molar-refractivity contribution is -0.130. The van der Waals surface area contributed by atoms with E-state index in [1.54, 1.807) is 17.3 Å². The Labute approximate surface area is 179 Å². The molecule has 2 amide bonds. The van der Waals surface area contributed by atoms with Gasteiger partial charge in [-0.15, -0.1) is 0 Å². The van der Waals surface area contributed by atoms with E-state index in [0.29, 0.717) is 13.1 Å². The summed E-state index contributed by atoms with van der Waals surface area (Å²) in [6.07, 6.45) is 3.46. The molecule has 2 aromatic carbocycles. The summed E-state index contributed by atoms with van der Waals surface area (Å²) in [5, 5.41) is 2.46. The third kappa shape index (κ3) is 5.21. The minimum Gasteiger partial charge on any atom is -0.343 e. The average molecular weight is 426 g/mol. The number of amides is 2. The number of pyridine rings is 1. The molecule has 0 radical (unpaired) electrons. The molecule has 0 spiro atoms. The molecule has 7 heteroatoms. The fourth-order valence-corrected chi connectivity index (χ4v) is 3.31. The van der Waals surface area contributed by atoms with E-state index in [-0.39, 0.29) is 23.0 Å². The number of carbonyl (C=O) groups excluding carboxylic acids is 2. The second-order valence-corrected chi connectivity index (χ2v) is 7.03. The maximum absolute atomic E-state index is 13.9. The molecule has 1 aromatic heterocycles. The second kappa shape index (κ2) is 9.98. The van der Waals surface area contributed by atoms with Crippen LogP contribution in [0, 0.1) is 5.82 Å². The Hall–Kier alpha value is -3.25. The van der Waals surface area contributed by atoms with Gasteiger partial charge in [-0.25, -0.2) is 4.39 Å². The number of nitrogens with zero attached hydrogens (tertiary/aromatic N) is 2. The Balaban J connectivity index is 1.65.